The predicted molar refractivity (Wildman–Crippen MR) is 131 cm³/mol. The number of carbonyl (C=O) groups excluding carboxylic acids is 2. The molecule has 0 saturated carbocycles. The van der Waals surface area contributed by atoms with Gasteiger partial charge in [0, 0.05) is 26.2 Å². The Morgan fingerprint density at radius 3 is 1.88 bits per heavy atom. The smallest absolute Gasteiger partial charge is 0.265 e. The molecule has 2 amide bonds. The molecule has 0 unspecified atom stereocenters. The fourth-order valence-electron chi connectivity index (χ4n) is 4.03. The van der Waals surface area contributed by atoms with Crippen molar-refractivity contribution in [3.63, 3.8) is 0 Å². The van der Waals surface area contributed by atoms with Gasteiger partial charge >= 0.3 is 0 Å². The molecule has 1 N–H and O–H groups in total. The molecule has 0 radical (unpaired) electrons. The maximum absolute atomic E-state index is 12.9. The van der Waals surface area contributed by atoms with Gasteiger partial charge in [0.1, 0.15) is 11.4 Å². The Hall–Kier alpha value is -2.76. The number of amides is 2. The minimum Gasteiger partial charge on any atom is -0.326 e. The lowest BCUT2D eigenvalue weighted by Crippen LogP contribution is -2.55. The van der Waals surface area contributed by atoms with Crippen LogP contribution in [0.3, 0.4) is 0 Å². The summed E-state index contributed by atoms with van der Waals surface area (Å²) >= 11 is 5.31. The van der Waals surface area contributed by atoms with Crippen LogP contribution in [0.5, 0.6) is 0 Å². The summed E-state index contributed by atoms with van der Waals surface area (Å²) < 4.78 is 31.5. The molecule has 9 nitrogen and oxygen atoms in total. The number of nitrogens with zero attached hydrogens (tertiary/aromatic N) is 4. The molecule has 33 heavy (non-hydrogen) atoms. The van der Waals surface area contributed by atoms with Crippen LogP contribution in [0.25, 0.3) is 0 Å². The van der Waals surface area contributed by atoms with Gasteiger partial charge in [-0.3, -0.25) is 23.9 Å². The molecule has 0 aromatic heterocycles. The Morgan fingerprint density at radius 2 is 1.39 bits per heavy atom. The van der Waals surface area contributed by atoms with Crippen LogP contribution in [0, 0.1) is 0 Å². The molecule has 2 aliphatic heterocycles. The molecule has 1 aromatic rings. The molecule has 178 valence electrons. The van der Waals surface area contributed by atoms with Crippen LogP contribution in [0.1, 0.15) is 27.2 Å². The average Bonchev–Trinajstić information content (AvgIpc) is 3.06. The summed E-state index contributed by atoms with van der Waals surface area (Å²) in [4.78, 5) is 32.6. The number of fused-ring (bicyclic) bond motifs is 1. The van der Waals surface area contributed by atoms with E-state index in [0.717, 1.165) is 11.4 Å². The van der Waals surface area contributed by atoms with Crippen LogP contribution in [0.15, 0.2) is 47.8 Å². The fourth-order valence-corrected chi connectivity index (χ4v) is 4.94. The first-order chi connectivity index (χ1) is 15.6. The third kappa shape index (κ3) is 4.94. The summed E-state index contributed by atoms with van der Waals surface area (Å²) in [7, 11) is -4.08. The maximum atomic E-state index is 12.9. The number of hydrogen-bond acceptors (Lipinski definition) is 7. The number of anilines is 2. The minimum atomic E-state index is -4.08. The van der Waals surface area contributed by atoms with E-state index in [0.29, 0.717) is 32.0 Å². The molecule has 11 heteroatoms. The summed E-state index contributed by atoms with van der Waals surface area (Å²) in [5.41, 5.74) is 1.83. The average molecular weight is 493 g/mol. The number of benzene rings is 1. The van der Waals surface area contributed by atoms with Gasteiger partial charge in [-0.15, -0.1) is 0 Å². The first kappa shape index (κ1) is 24.9. The van der Waals surface area contributed by atoms with Crippen molar-refractivity contribution in [3.05, 3.63) is 47.8 Å². The normalized spacial score (nSPS) is 18.0. The highest BCUT2D eigenvalue weighted by Gasteiger charge is 2.38. The quantitative estimate of drug-likeness (QED) is 0.255. The van der Waals surface area contributed by atoms with Crippen LogP contribution < -0.4 is 9.80 Å². The van der Waals surface area contributed by atoms with E-state index >= 15 is 0 Å². The van der Waals surface area contributed by atoms with E-state index in [1.54, 1.807) is 19.9 Å². The number of hydrogen-bond donors (Lipinski definition) is 1. The van der Waals surface area contributed by atoms with Gasteiger partial charge in [-0.25, -0.2) is 0 Å². The molecule has 2 aliphatic rings. The number of allylic oxidation sites excluding steroid dienone is 2. The zero-order chi connectivity index (χ0) is 24.3. The number of likely N-dealkylation sites (N-methyl/N-ethyl adjacent to an activating group) is 2. The van der Waals surface area contributed by atoms with E-state index in [-0.39, 0.29) is 22.9 Å². The lowest BCUT2D eigenvalue weighted by atomic mass is 10.1. The number of rotatable bonds is 8. The van der Waals surface area contributed by atoms with Crippen molar-refractivity contribution in [1.29, 1.82) is 0 Å². The summed E-state index contributed by atoms with van der Waals surface area (Å²) in [5.74, 6) is -0.533. The van der Waals surface area contributed by atoms with Crippen molar-refractivity contribution < 1.29 is 22.6 Å². The van der Waals surface area contributed by atoms with Gasteiger partial charge in [-0.1, -0.05) is 12.1 Å². The van der Waals surface area contributed by atoms with Crippen LogP contribution in [0.4, 0.5) is 11.4 Å². The maximum Gasteiger partial charge on any atom is 0.265 e. The molecular formula is C22H28N4O5S2. The summed E-state index contributed by atoms with van der Waals surface area (Å²) in [6.45, 7) is 7.23. The Kier molecular flexibility index (Phi) is 7.55. The Balaban J connectivity index is 2.02. The van der Waals surface area contributed by atoms with E-state index in [9.17, 15) is 18.0 Å². The zero-order valence-corrected chi connectivity index (χ0v) is 20.5. The molecule has 0 bridgehead atoms. The lowest BCUT2D eigenvalue weighted by molar-refractivity contribution is -0.133. The van der Waals surface area contributed by atoms with Crippen molar-refractivity contribution in [2.24, 2.45) is 0 Å². The molecule has 0 atom stereocenters. The van der Waals surface area contributed by atoms with Crippen LogP contribution in [-0.2, 0) is 19.7 Å². The second kappa shape index (κ2) is 10.0. The van der Waals surface area contributed by atoms with Crippen LogP contribution >= 0.6 is 12.2 Å². The topological polar surface area (TPSA) is 101 Å². The SMILES string of the molecule is CCN1C(=O)C(=CC=C2N(CC)c3ccccc3N2CCCS(=O)(=O)O)C(=O)N(CC)C1=S. The molecule has 1 aromatic carbocycles. The van der Waals surface area contributed by atoms with Gasteiger partial charge < -0.3 is 9.80 Å². The standard InChI is InChI=1S/C22H28N4O5S2/c1-4-23-17-10-7-8-11-18(17)26(14-9-15-33(29,30)31)19(23)13-12-16-20(27)24(5-2)22(32)25(6-3)21(16)28/h7-8,10-13H,4-6,9,14-15H2,1-3H3,(H,29,30,31). The molecule has 3 rings (SSSR count). The number of carbonyl (C=O) groups is 2. The molecular weight excluding hydrogens is 464 g/mol. The van der Waals surface area contributed by atoms with Crippen molar-refractivity contribution in [2.45, 2.75) is 27.2 Å². The second-order valence-corrected chi connectivity index (χ2v) is 9.45. The third-order valence-electron chi connectivity index (χ3n) is 5.56. The van der Waals surface area contributed by atoms with E-state index in [4.69, 9.17) is 16.8 Å². The molecule has 1 fully saturated rings. The monoisotopic (exact) mass is 492 g/mol. The first-order valence-corrected chi connectivity index (χ1v) is 12.8. The molecule has 0 spiro atoms. The molecule has 2 heterocycles. The summed E-state index contributed by atoms with van der Waals surface area (Å²) in [6, 6.07) is 7.67. The highest BCUT2D eigenvalue weighted by Crippen LogP contribution is 2.41. The number of para-hydroxylation sites is 2. The third-order valence-corrected chi connectivity index (χ3v) is 6.81. The molecule has 1 saturated heterocycles. The fraction of sp³-hybridized carbons (Fsp3) is 0.409. The van der Waals surface area contributed by atoms with Crippen LogP contribution in [0.2, 0.25) is 0 Å². The van der Waals surface area contributed by atoms with Crippen molar-refractivity contribution in [3.8, 4) is 0 Å². The van der Waals surface area contributed by atoms with E-state index in [1.807, 2.05) is 41.0 Å². The van der Waals surface area contributed by atoms with Gasteiger partial charge in [0.15, 0.2) is 5.11 Å². The second-order valence-electron chi connectivity index (χ2n) is 7.51. The lowest BCUT2D eigenvalue weighted by Gasteiger charge is -2.35. The van der Waals surface area contributed by atoms with Gasteiger partial charge in [0.2, 0.25) is 0 Å². The molecule has 0 aliphatic carbocycles. The van der Waals surface area contributed by atoms with Gasteiger partial charge in [-0.05, 0) is 63.7 Å². The largest absolute Gasteiger partial charge is 0.326 e. The van der Waals surface area contributed by atoms with E-state index < -0.39 is 21.9 Å². The van der Waals surface area contributed by atoms with Crippen LogP contribution in [-0.4, -0.2) is 71.6 Å². The Morgan fingerprint density at radius 1 is 0.879 bits per heavy atom. The number of thiocarbonyl (C=S) groups is 1. The summed E-state index contributed by atoms with van der Waals surface area (Å²) in [6.07, 6.45) is 3.42. The van der Waals surface area contributed by atoms with Crippen molar-refractivity contribution in [2.75, 3.05) is 41.7 Å². The highest BCUT2D eigenvalue weighted by atomic mass is 32.2. The van der Waals surface area contributed by atoms with Crippen molar-refractivity contribution in [1.82, 2.24) is 9.80 Å². The van der Waals surface area contributed by atoms with E-state index in [2.05, 4.69) is 0 Å². The van der Waals surface area contributed by atoms with Gasteiger partial charge in [0.05, 0.1) is 17.1 Å². The van der Waals surface area contributed by atoms with Gasteiger partial charge in [-0.2, -0.15) is 8.42 Å². The Labute approximate surface area is 199 Å². The predicted octanol–water partition coefficient (Wildman–Crippen LogP) is 2.37. The van der Waals surface area contributed by atoms with Crippen molar-refractivity contribution >= 4 is 50.6 Å². The summed E-state index contributed by atoms with van der Waals surface area (Å²) in [5, 5.41) is 0.204. The minimum absolute atomic E-state index is 0.0182. The van der Waals surface area contributed by atoms with E-state index in [1.165, 1.54) is 15.9 Å². The van der Waals surface area contributed by atoms with Gasteiger partial charge in [0.25, 0.3) is 21.9 Å². The highest BCUT2D eigenvalue weighted by molar-refractivity contribution is 7.85. The Bertz CT molecular complexity index is 1100. The zero-order valence-electron chi connectivity index (χ0n) is 18.9. The first-order valence-electron chi connectivity index (χ1n) is 10.8.